The Morgan fingerprint density at radius 3 is 2.67 bits per heavy atom. The zero-order chi connectivity index (χ0) is 15.6. The van der Waals surface area contributed by atoms with Crippen LogP contribution in [0.3, 0.4) is 0 Å². The second-order valence-corrected chi connectivity index (χ2v) is 4.18. The van der Waals surface area contributed by atoms with Gasteiger partial charge in [0.05, 0.1) is 11.4 Å². The highest BCUT2D eigenvalue weighted by Gasteiger charge is 2.28. The second kappa shape index (κ2) is 5.38. The quantitative estimate of drug-likeness (QED) is 0.889. The third-order valence-corrected chi connectivity index (χ3v) is 2.47. The second-order valence-electron chi connectivity index (χ2n) is 4.18. The van der Waals surface area contributed by atoms with Crippen molar-refractivity contribution in [3.05, 3.63) is 30.0 Å². The van der Waals surface area contributed by atoms with Crippen LogP contribution in [0.1, 0.15) is 16.2 Å². The zero-order valence-corrected chi connectivity index (χ0v) is 10.8. The Morgan fingerprint density at radius 2 is 2.05 bits per heavy atom. The molecule has 0 aliphatic rings. The lowest BCUT2D eigenvalue weighted by atomic mass is 10.3. The molecule has 0 bridgehead atoms. The van der Waals surface area contributed by atoms with Crippen LogP contribution < -0.4 is 11.1 Å². The van der Waals surface area contributed by atoms with Gasteiger partial charge in [0.15, 0.2) is 11.5 Å². The number of hydrogen-bond acceptors (Lipinski definition) is 5. The van der Waals surface area contributed by atoms with Gasteiger partial charge in [0.1, 0.15) is 6.54 Å². The summed E-state index contributed by atoms with van der Waals surface area (Å²) in [5, 5.41) is 6.44. The number of primary amides is 1. The molecule has 0 atom stereocenters. The molecule has 0 fully saturated rings. The number of amides is 1. The largest absolute Gasteiger partial charge is 0.408 e. The summed E-state index contributed by atoms with van der Waals surface area (Å²) in [7, 11) is 0. The number of nitrogens with zero attached hydrogens (tertiary/aromatic N) is 4. The van der Waals surface area contributed by atoms with Crippen molar-refractivity contribution in [2.75, 3.05) is 5.32 Å². The highest BCUT2D eigenvalue weighted by atomic mass is 19.4. The molecule has 10 heteroatoms. The predicted octanol–water partition coefficient (Wildman–Crippen LogP) is 1.39. The fourth-order valence-corrected chi connectivity index (χ4v) is 1.64. The Kier molecular flexibility index (Phi) is 3.78. The number of halogens is 3. The predicted molar refractivity (Wildman–Crippen MR) is 66.9 cm³/mol. The van der Waals surface area contributed by atoms with Crippen LogP contribution in [-0.4, -0.2) is 31.8 Å². The van der Waals surface area contributed by atoms with Gasteiger partial charge in [0.25, 0.3) is 5.91 Å². The summed E-state index contributed by atoms with van der Waals surface area (Å²) in [6, 6.07) is 0. The van der Waals surface area contributed by atoms with Gasteiger partial charge >= 0.3 is 6.18 Å². The Morgan fingerprint density at radius 1 is 1.38 bits per heavy atom. The van der Waals surface area contributed by atoms with Crippen LogP contribution in [0.5, 0.6) is 0 Å². The maximum atomic E-state index is 12.3. The monoisotopic (exact) mass is 300 g/mol. The molecule has 0 unspecified atom stereocenters. The van der Waals surface area contributed by atoms with E-state index in [1.54, 1.807) is 0 Å². The fourth-order valence-electron chi connectivity index (χ4n) is 1.64. The average Bonchev–Trinajstić information content (AvgIpc) is 2.67. The molecule has 0 saturated heterocycles. The van der Waals surface area contributed by atoms with Gasteiger partial charge < -0.3 is 11.1 Å². The highest BCUT2D eigenvalue weighted by molar-refractivity contribution is 5.96. The zero-order valence-electron chi connectivity index (χ0n) is 10.8. The van der Waals surface area contributed by atoms with Crippen LogP contribution in [0.15, 0.2) is 18.6 Å². The van der Waals surface area contributed by atoms with Crippen LogP contribution in [-0.2, 0) is 6.54 Å². The van der Waals surface area contributed by atoms with Crippen molar-refractivity contribution in [2.24, 2.45) is 5.73 Å². The molecule has 0 spiro atoms. The van der Waals surface area contributed by atoms with Crippen molar-refractivity contribution < 1.29 is 18.0 Å². The van der Waals surface area contributed by atoms with Gasteiger partial charge in [-0.25, -0.2) is 9.97 Å². The first-order valence-corrected chi connectivity index (χ1v) is 5.75. The number of nitrogens with two attached hydrogens (primary N) is 1. The van der Waals surface area contributed by atoms with E-state index in [0.717, 1.165) is 4.68 Å². The Balaban J connectivity index is 2.27. The van der Waals surface area contributed by atoms with E-state index in [2.05, 4.69) is 20.4 Å². The van der Waals surface area contributed by atoms with Crippen LogP contribution in [0, 0.1) is 6.92 Å². The molecule has 21 heavy (non-hydrogen) atoms. The first-order valence-electron chi connectivity index (χ1n) is 5.75. The van der Waals surface area contributed by atoms with E-state index >= 15 is 0 Å². The first kappa shape index (κ1) is 14.8. The summed E-state index contributed by atoms with van der Waals surface area (Å²) in [6.07, 6.45) is -0.599. The lowest BCUT2D eigenvalue weighted by molar-refractivity contribution is -0.142. The summed E-state index contributed by atoms with van der Waals surface area (Å²) in [5.74, 6) is -0.745. The molecular weight excluding hydrogens is 289 g/mol. The molecule has 7 nitrogen and oxygen atoms in total. The molecule has 2 rings (SSSR count). The van der Waals surface area contributed by atoms with Crippen molar-refractivity contribution in [2.45, 2.75) is 19.6 Å². The highest BCUT2D eigenvalue weighted by Crippen LogP contribution is 2.22. The number of hydrogen-bond donors (Lipinski definition) is 2. The number of alkyl halides is 3. The van der Waals surface area contributed by atoms with E-state index in [-0.39, 0.29) is 17.2 Å². The van der Waals surface area contributed by atoms with E-state index in [1.165, 1.54) is 25.5 Å². The van der Waals surface area contributed by atoms with Crippen LogP contribution in [0.4, 0.5) is 24.7 Å². The minimum absolute atomic E-state index is 0.0552. The lowest BCUT2D eigenvalue weighted by Crippen LogP contribution is -2.18. The van der Waals surface area contributed by atoms with Crippen molar-refractivity contribution in [1.82, 2.24) is 19.7 Å². The number of carbonyl (C=O) groups excluding carboxylic acids is 1. The smallest absolute Gasteiger partial charge is 0.364 e. The standard InChI is InChI=1S/C11H11F3N6O/c1-6-7(4-20(19-6)5-11(12,13)14)18-10-8(9(15)21)16-2-3-17-10/h2-4H,5H2,1H3,(H2,15,21)(H,17,18). The molecular formula is C11H11F3N6O. The number of aryl methyl sites for hydroxylation is 1. The van der Waals surface area contributed by atoms with Gasteiger partial charge in [0.2, 0.25) is 0 Å². The third-order valence-electron chi connectivity index (χ3n) is 2.47. The molecule has 0 aliphatic carbocycles. The number of anilines is 2. The van der Waals surface area contributed by atoms with Crippen molar-refractivity contribution in [3.63, 3.8) is 0 Å². The SMILES string of the molecule is Cc1nn(CC(F)(F)F)cc1Nc1nccnc1C(N)=O. The lowest BCUT2D eigenvalue weighted by Gasteiger charge is -2.06. The summed E-state index contributed by atoms with van der Waals surface area (Å²) >= 11 is 0. The Bertz CT molecular complexity index is 666. The van der Waals surface area contributed by atoms with E-state index < -0.39 is 18.6 Å². The third kappa shape index (κ3) is 3.68. The van der Waals surface area contributed by atoms with E-state index in [9.17, 15) is 18.0 Å². The van der Waals surface area contributed by atoms with Crippen molar-refractivity contribution >= 4 is 17.4 Å². The van der Waals surface area contributed by atoms with E-state index in [4.69, 9.17) is 5.73 Å². The molecule has 2 heterocycles. The van der Waals surface area contributed by atoms with E-state index in [0.29, 0.717) is 5.69 Å². The number of rotatable bonds is 4. The first-order chi connectivity index (χ1) is 9.76. The molecule has 0 aliphatic heterocycles. The number of aromatic nitrogens is 4. The maximum Gasteiger partial charge on any atom is 0.408 e. The normalized spacial score (nSPS) is 11.4. The summed E-state index contributed by atoms with van der Waals surface area (Å²) in [5.41, 5.74) is 5.63. The topological polar surface area (TPSA) is 98.7 Å². The molecule has 2 aromatic rings. The summed E-state index contributed by atoms with van der Waals surface area (Å²) < 4.78 is 37.7. The molecule has 1 amide bonds. The average molecular weight is 300 g/mol. The molecule has 0 saturated carbocycles. The van der Waals surface area contributed by atoms with Gasteiger partial charge in [-0.3, -0.25) is 9.48 Å². The van der Waals surface area contributed by atoms with Gasteiger partial charge in [-0.2, -0.15) is 18.3 Å². The van der Waals surface area contributed by atoms with Crippen molar-refractivity contribution in [3.8, 4) is 0 Å². The maximum absolute atomic E-state index is 12.3. The number of carbonyl (C=O) groups is 1. The van der Waals surface area contributed by atoms with Gasteiger partial charge in [-0.05, 0) is 6.92 Å². The number of nitrogens with one attached hydrogen (secondary N) is 1. The van der Waals surface area contributed by atoms with Crippen LogP contribution >= 0.6 is 0 Å². The van der Waals surface area contributed by atoms with Crippen LogP contribution in [0.25, 0.3) is 0 Å². The Hall–Kier alpha value is -2.65. The molecule has 0 aromatic carbocycles. The minimum Gasteiger partial charge on any atom is -0.364 e. The van der Waals surface area contributed by atoms with Crippen molar-refractivity contribution in [1.29, 1.82) is 0 Å². The molecule has 3 N–H and O–H groups in total. The summed E-state index contributed by atoms with van der Waals surface area (Å²) in [4.78, 5) is 18.8. The Labute approximate surface area is 117 Å². The summed E-state index contributed by atoms with van der Waals surface area (Å²) in [6.45, 7) is 0.314. The minimum atomic E-state index is -4.37. The van der Waals surface area contributed by atoms with Gasteiger partial charge in [0, 0.05) is 18.6 Å². The molecule has 2 aromatic heterocycles. The molecule has 112 valence electrons. The van der Waals surface area contributed by atoms with E-state index in [1.807, 2.05) is 0 Å². The van der Waals surface area contributed by atoms with Crippen LogP contribution in [0.2, 0.25) is 0 Å². The fraction of sp³-hybridized carbons (Fsp3) is 0.273. The molecule has 0 radical (unpaired) electrons. The van der Waals surface area contributed by atoms with Gasteiger partial charge in [-0.1, -0.05) is 0 Å². The van der Waals surface area contributed by atoms with Gasteiger partial charge in [-0.15, -0.1) is 0 Å².